The van der Waals surface area contributed by atoms with E-state index in [2.05, 4.69) is 0 Å². The molecule has 1 atom stereocenters. The Bertz CT molecular complexity index is 232. The third-order valence-electron chi connectivity index (χ3n) is 2.68. The first-order valence-corrected chi connectivity index (χ1v) is 3.96. The van der Waals surface area contributed by atoms with Crippen molar-refractivity contribution < 1.29 is 9.52 Å². The highest BCUT2D eigenvalue weighted by Gasteiger charge is 2.48. The quantitative estimate of drug-likeness (QED) is 0.699. The Morgan fingerprint density at radius 1 is 1.64 bits per heavy atom. The minimum absolute atomic E-state index is 0.0347. The van der Waals surface area contributed by atoms with Crippen LogP contribution in [0.3, 0.4) is 0 Å². The number of hydrogen-bond acceptors (Lipinski definition) is 2. The topological polar surface area (TPSA) is 33.4 Å². The molecule has 0 spiro atoms. The highest BCUT2D eigenvalue weighted by atomic mass is 16.3. The van der Waals surface area contributed by atoms with Gasteiger partial charge < -0.3 is 9.52 Å². The molecule has 0 radical (unpaired) electrons. The molecule has 2 heteroatoms. The van der Waals surface area contributed by atoms with Crippen molar-refractivity contribution >= 4 is 0 Å². The van der Waals surface area contributed by atoms with E-state index >= 15 is 0 Å². The summed E-state index contributed by atoms with van der Waals surface area (Å²) in [5, 5.41) is 9.47. The molecule has 1 heterocycles. The first-order chi connectivity index (χ1) is 5.26. The number of aliphatic hydroxyl groups excluding tert-OH is 1. The van der Waals surface area contributed by atoms with Crippen LogP contribution >= 0.6 is 0 Å². The molecule has 1 fully saturated rings. The van der Waals surface area contributed by atoms with Gasteiger partial charge in [-0.05, 0) is 31.4 Å². The zero-order chi connectivity index (χ0) is 7.90. The molecule has 1 N–H and O–H groups in total. The summed E-state index contributed by atoms with van der Waals surface area (Å²) in [7, 11) is 0. The molecule has 0 aromatic carbocycles. The average molecular weight is 152 g/mol. The Hall–Kier alpha value is -0.760. The fourth-order valence-corrected chi connectivity index (χ4v) is 1.63. The maximum atomic E-state index is 9.47. The van der Waals surface area contributed by atoms with Crippen LogP contribution < -0.4 is 0 Å². The lowest BCUT2D eigenvalue weighted by Gasteiger charge is -2.15. The fourth-order valence-electron chi connectivity index (χ4n) is 1.63. The van der Waals surface area contributed by atoms with Crippen molar-refractivity contribution in [3.63, 3.8) is 0 Å². The van der Waals surface area contributed by atoms with Gasteiger partial charge in [0.05, 0.1) is 18.6 Å². The van der Waals surface area contributed by atoms with Gasteiger partial charge in [-0.1, -0.05) is 0 Å². The highest BCUT2D eigenvalue weighted by Crippen LogP contribution is 2.50. The van der Waals surface area contributed by atoms with Crippen molar-refractivity contribution in [2.24, 2.45) is 0 Å². The molecule has 1 aliphatic rings. The number of hydrogen-bond donors (Lipinski definition) is 1. The summed E-state index contributed by atoms with van der Waals surface area (Å²) >= 11 is 0. The summed E-state index contributed by atoms with van der Waals surface area (Å²) in [4.78, 5) is 0. The maximum absolute atomic E-state index is 9.47. The van der Waals surface area contributed by atoms with Crippen LogP contribution in [0.5, 0.6) is 0 Å². The van der Waals surface area contributed by atoms with Gasteiger partial charge in [-0.15, -0.1) is 0 Å². The van der Waals surface area contributed by atoms with Crippen LogP contribution in [0, 0.1) is 0 Å². The van der Waals surface area contributed by atoms with E-state index in [-0.39, 0.29) is 11.5 Å². The molecule has 1 unspecified atom stereocenters. The van der Waals surface area contributed by atoms with E-state index in [4.69, 9.17) is 4.42 Å². The molecule has 2 nitrogen and oxygen atoms in total. The summed E-state index contributed by atoms with van der Waals surface area (Å²) in [5.74, 6) is 0. The van der Waals surface area contributed by atoms with E-state index in [1.165, 1.54) is 0 Å². The summed E-state index contributed by atoms with van der Waals surface area (Å²) in [6.45, 7) is 1.85. The van der Waals surface area contributed by atoms with Gasteiger partial charge >= 0.3 is 0 Å². The van der Waals surface area contributed by atoms with Crippen molar-refractivity contribution in [1.82, 2.24) is 0 Å². The van der Waals surface area contributed by atoms with Crippen molar-refractivity contribution in [2.75, 3.05) is 0 Å². The predicted octanol–water partition coefficient (Wildman–Crippen LogP) is 1.69. The predicted molar refractivity (Wildman–Crippen MR) is 41.3 cm³/mol. The molecule has 0 saturated heterocycles. The largest absolute Gasteiger partial charge is 0.472 e. The minimum atomic E-state index is -0.250. The Morgan fingerprint density at radius 2 is 2.36 bits per heavy atom. The van der Waals surface area contributed by atoms with Gasteiger partial charge in [0.25, 0.3) is 0 Å². The Morgan fingerprint density at radius 3 is 2.73 bits per heavy atom. The van der Waals surface area contributed by atoms with Crippen LogP contribution in [0.15, 0.2) is 23.0 Å². The van der Waals surface area contributed by atoms with Gasteiger partial charge in [0.2, 0.25) is 0 Å². The molecule has 0 bridgehead atoms. The van der Waals surface area contributed by atoms with E-state index in [0.717, 1.165) is 18.4 Å². The van der Waals surface area contributed by atoms with Gasteiger partial charge in [0.1, 0.15) is 0 Å². The Kier molecular flexibility index (Phi) is 1.33. The number of aliphatic hydroxyl groups is 1. The molecule has 1 aromatic rings. The highest BCUT2D eigenvalue weighted by molar-refractivity contribution is 5.29. The second-order valence-corrected chi connectivity index (χ2v) is 3.34. The van der Waals surface area contributed by atoms with Gasteiger partial charge in [0, 0.05) is 5.41 Å². The van der Waals surface area contributed by atoms with Gasteiger partial charge in [-0.2, -0.15) is 0 Å². The van der Waals surface area contributed by atoms with E-state index in [1.807, 2.05) is 13.0 Å². The number of furan rings is 1. The average Bonchev–Trinajstić information content (AvgIpc) is 2.61. The van der Waals surface area contributed by atoms with Crippen LogP contribution in [0.2, 0.25) is 0 Å². The van der Waals surface area contributed by atoms with E-state index in [1.54, 1.807) is 12.5 Å². The second kappa shape index (κ2) is 2.11. The molecule has 1 aromatic heterocycles. The summed E-state index contributed by atoms with van der Waals surface area (Å²) in [5.41, 5.74) is 1.18. The molecular weight excluding hydrogens is 140 g/mol. The molecule has 0 aliphatic heterocycles. The van der Waals surface area contributed by atoms with Crippen LogP contribution in [0.4, 0.5) is 0 Å². The third-order valence-corrected chi connectivity index (χ3v) is 2.68. The summed E-state index contributed by atoms with van der Waals surface area (Å²) < 4.78 is 4.98. The van der Waals surface area contributed by atoms with Crippen molar-refractivity contribution in [3.8, 4) is 0 Å². The SMILES string of the molecule is CC(O)C1(c2ccoc2)CC1. The van der Waals surface area contributed by atoms with Crippen molar-refractivity contribution in [3.05, 3.63) is 24.2 Å². The lowest BCUT2D eigenvalue weighted by molar-refractivity contribution is 0.150. The second-order valence-electron chi connectivity index (χ2n) is 3.34. The normalized spacial score (nSPS) is 23.1. The smallest absolute Gasteiger partial charge is 0.0941 e. The molecule has 0 amide bonds. The lowest BCUT2D eigenvalue weighted by Crippen LogP contribution is -2.21. The van der Waals surface area contributed by atoms with Crippen molar-refractivity contribution in [2.45, 2.75) is 31.3 Å². The van der Waals surface area contributed by atoms with E-state index < -0.39 is 0 Å². The van der Waals surface area contributed by atoms with Crippen LogP contribution in [0.1, 0.15) is 25.3 Å². The summed E-state index contributed by atoms with van der Waals surface area (Å²) in [6, 6.07) is 1.94. The lowest BCUT2D eigenvalue weighted by atomic mass is 9.93. The van der Waals surface area contributed by atoms with E-state index in [0.29, 0.717) is 0 Å². The zero-order valence-electron chi connectivity index (χ0n) is 6.58. The van der Waals surface area contributed by atoms with Crippen molar-refractivity contribution in [1.29, 1.82) is 0 Å². The molecule has 60 valence electrons. The standard InChI is InChI=1S/C9H12O2/c1-7(10)9(3-4-9)8-2-5-11-6-8/h2,5-7,10H,3-4H2,1H3. The first-order valence-electron chi connectivity index (χ1n) is 3.96. The fraction of sp³-hybridized carbons (Fsp3) is 0.556. The Labute approximate surface area is 65.8 Å². The first kappa shape index (κ1) is 6.92. The third kappa shape index (κ3) is 0.897. The molecule has 2 rings (SSSR count). The Balaban J connectivity index is 2.29. The minimum Gasteiger partial charge on any atom is -0.472 e. The summed E-state index contributed by atoms with van der Waals surface area (Å²) in [6.07, 6.45) is 5.33. The molecule has 11 heavy (non-hydrogen) atoms. The van der Waals surface area contributed by atoms with E-state index in [9.17, 15) is 5.11 Å². The molecule has 1 saturated carbocycles. The van der Waals surface area contributed by atoms with Crippen LogP contribution in [-0.4, -0.2) is 11.2 Å². The van der Waals surface area contributed by atoms with Crippen LogP contribution in [-0.2, 0) is 5.41 Å². The maximum Gasteiger partial charge on any atom is 0.0941 e. The molecule has 1 aliphatic carbocycles. The van der Waals surface area contributed by atoms with Gasteiger partial charge in [-0.25, -0.2) is 0 Å². The van der Waals surface area contributed by atoms with Gasteiger partial charge in [-0.3, -0.25) is 0 Å². The molecular formula is C9H12O2. The van der Waals surface area contributed by atoms with Crippen LogP contribution in [0.25, 0.3) is 0 Å². The van der Waals surface area contributed by atoms with Gasteiger partial charge in [0.15, 0.2) is 0 Å². The zero-order valence-corrected chi connectivity index (χ0v) is 6.58. The monoisotopic (exact) mass is 152 g/mol. The number of rotatable bonds is 2.